The second-order valence-corrected chi connectivity index (χ2v) is 5.56. The van der Waals surface area contributed by atoms with E-state index in [4.69, 9.17) is 10.5 Å². The summed E-state index contributed by atoms with van der Waals surface area (Å²) < 4.78 is 5.95. The molecule has 0 amide bonds. The van der Waals surface area contributed by atoms with Gasteiger partial charge in [-0.05, 0) is 24.3 Å². The van der Waals surface area contributed by atoms with Crippen LogP contribution < -0.4 is 15.8 Å². The molecule has 3 rings (SSSR count). The van der Waals surface area contributed by atoms with Crippen molar-refractivity contribution in [2.45, 2.75) is 10.9 Å². The SMILES string of the molecule is N[C@@H]1CNc2c(Oc3ccccc3)cccc2SC1. The van der Waals surface area contributed by atoms with E-state index < -0.39 is 0 Å². The van der Waals surface area contributed by atoms with Crippen LogP contribution in [0.1, 0.15) is 0 Å². The van der Waals surface area contributed by atoms with Crippen molar-refractivity contribution in [3.05, 3.63) is 48.5 Å². The van der Waals surface area contributed by atoms with Gasteiger partial charge in [0.05, 0.1) is 5.69 Å². The maximum absolute atomic E-state index is 5.99. The smallest absolute Gasteiger partial charge is 0.151 e. The molecule has 0 saturated carbocycles. The molecule has 19 heavy (non-hydrogen) atoms. The Hall–Kier alpha value is -1.65. The monoisotopic (exact) mass is 272 g/mol. The highest BCUT2D eigenvalue weighted by Crippen LogP contribution is 2.39. The molecule has 98 valence electrons. The van der Waals surface area contributed by atoms with Crippen LogP contribution in [-0.4, -0.2) is 18.3 Å². The van der Waals surface area contributed by atoms with E-state index >= 15 is 0 Å². The highest BCUT2D eigenvalue weighted by Gasteiger charge is 2.16. The van der Waals surface area contributed by atoms with Crippen molar-refractivity contribution in [2.24, 2.45) is 5.73 Å². The third-order valence-electron chi connectivity index (χ3n) is 2.95. The van der Waals surface area contributed by atoms with Crippen LogP contribution in [0.25, 0.3) is 0 Å². The molecule has 2 aromatic carbocycles. The van der Waals surface area contributed by atoms with E-state index in [1.807, 2.05) is 42.5 Å². The molecule has 0 aliphatic carbocycles. The Morgan fingerprint density at radius 2 is 1.95 bits per heavy atom. The third-order valence-corrected chi connectivity index (χ3v) is 4.20. The molecule has 1 heterocycles. The average molecular weight is 272 g/mol. The average Bonchev–Trinajstić information content (AvgIpc) is 2.63. The molecular weight excluding hydrogens is 256 g/mol. The first-order chi connectivity index (χ1) is 9.33. The van der Waals surface area contributed by atoms with Crippen molar-refractivity contribution in [3.63, 3.8) is 0 Å². The van der Waals surface area contributed by atoms with Crippen molar-refractivity contribution >= 4 is 17.4 Å². The van der Waals surface area contributed by atoms with Crippen LogP contribution in [0.5, 0.6) is 11.5 Å². The number of anilines is 1. The third kappa shape index (κ3) is 2.85. The predicted molar refractivity (Wildman–Crippen MR) is 80.1 cm³/mol. The van der Waals surface area contributed by atoms with Gasteiger partial charge in [0.2, 0.25) is 0 Å². The summed E-state index contributed by atoms with van der Waals surface area (Å²) in [5, 5.41) is 3.39. The van der Waals surface area contributed by atoms with Gasteiger partial charge in [0, 0.05) is 23.2 Å². The molecule has 1 atom stereocenters. The Kier molecular flexibility index (Phi) is 3.62. The van der Waals surface area contributed by atoms with E-state index in [9.17, 15) is 0 Å². The number of fused-ring (bicyclic) bond motifs is 1. The molecule has 1 aliphatic rings. The number of hydrogen-bond donors (Lipinski definition) is 2. The topological polar surface area (TPSA) is 47.3 Å². The van der Waals surface area contributed by atoms with Crippen LogP contribution >= 0.6 is 11.8 Å². The largest absolute Gasteiger partial charge is 0.455 e. The van der Waals surface area contributed by atoms with Crippen LogP contribution in [0.4, 0.5) is 5.69 Å². The van der Waals surface area contributed by atoms with E-state index in [1.54, 1.807) is 11.8 Å². The summed E-state index contributed by atoms with van der Waals surface area (Å²) in [6, 6.07) is 16.1. The molecule has 3 nitrogen and oxygen atoms in total. The molecule has 0 spiro atoms. The van der Waals surface area contributed by atoms with Crippen LogP contribution in [0.2, 0.25) is 0 Å². The standard InChI is InChI=1S/C15H16N2OS/c16-11-9-17-15-13(7-4-8-14(15)19-10-11)18-12-5-2-1-3-6-12/h1-8,11,17H,9-10,16H2/t11-/m1/s1. The normalized spacial score (nSPS) is 18.1. The van der Waals surface area contributed by atoms with Crippen LogP contribution in [0.3, 0.4) is 0 Å². The summed E-state index contributed by atoms with van der Waals surface area (Å²) in [6.07, 6.45) is 0. The number of nitrogens with two attached hydrogens (primary N) is 1. The molecule has 0 bridgehead atoms. The summed E-state index contributed by atoms with van der Waals surface area (Å²) in [4.78, 5) is 1.20. The summed E-state index contributed by atoms with van der Waals surface area (Å²) in [5.74, 6) is 2.62. The molecule has 0 unspecified atom stereocenters. The van der Waals surface area contributed by atoms with Crippen LogP contribution in [0, 0.1) is 0 Å². The summed E-state index contributed by atoms with van der Waals surface area (Å²) >= 11 is 1.77. The number of rotatable bonds is 2. The number of nitrogens with one attached hydrogen (secondary N) is 1. The Labute approximate surface area is 117 Å². The summed E-state index contributed by atoms with van der Waals surface area (Å²) in [7, 11) is 0. The van der Waals surface area contributed by atoms with Gasteiger partial charge in [-0.15, -0.1) is 11.8 Å². The van der Waals surface area contributed by atoms with Crippen LogP contribution in [-0.2, 0) is 0 Å². The lowest BCUT2D eigenvalue weighted by molar-refractivity contribution is 0.483. The van der Waals surface area contributed by atoms with Gasteiger partial charge in [-0.25, -0.2) is 0 Å². The van der Waals surface area contributed by atoms with Gasteiger partial charge in [-0.2, -0.15) is 0 Å². The first-order valence-corrected chi connectivity index (χ1v) is 7.29. The number of hydrogen-bond acceptors (Lipinski definition) is 4. The molecule has 2 aromatic rings. The van der Waals surface area contributed by atoms with Gasteiger partial charge in [0.15, 0.2) is 5.75 Å². The lowest BCUT2D eigenvalue weighted by atomic mass is 10.2. The zero-order chi connectivity index (χ0) is 13.1. The van der Waals surface area contributed by atoms with E-state index in [0.717, 1.165) is 29.5 Å². The molecule has 1 aliphatic heterocycles. The van der Waals surface area contributed by atoms with Gasteiger partial charge in [-0.3, -0.25) is 0 Å². The van der Waals surface area contributed by atoms with Crippen molar-refractivity contribution in [3.8, 4) is 11.5 Å². The fourth-order valence-corrected chi connectivity index (χ4v) is 3.00. The van der Waals surface area contributed by atoms with E-state index in [2.05, 4.69) is 11.4 Å². The van der Waals surface area contributed by atoms with Crippen LogP contribution in [0.15, 0.2) is 53.4 Å². The first-order valence-electron chi connectivity index (χ1n) is 6.31. The zero-order valence-electron chi connectivity index (χ0n) is 10.5. The molecule has 0 fully saturated rings. The van der Waals surface area contributed by atoms with Crippen molar-refractivity contribution in [2.75, 3.05) is 17.6 Å². The fourth-order valence-electron chi connectivity index (χ4n) is 1.99. The Morgan fingerprint density at radius 1 is 1.11 bits per heavy atom. The number of thioether (sulfide) groups is 1. The quantitative estimate of drug-likeness (QED) is 0.880. The highest BCUT2D eigenvalue weighted by molar-refractivity contribution is 7.99. The molecule has 0 radical (unpaired) electrons. The molecule has 3 N–H and O–H groups in total. The molecule has 4 heteroatoms. The maximum atomic E-state index is 5.99. The molecule has 0 saturated heterocycles. The minimum Gasteiger partial charge on any atom is -0.455 e. The summed E-state index contributed by atoms with van der Waals surface area (Å²) in [6.45, 7) is 0.773. The van der Waals surface area contributed by atoms with Crippen molar-refractivity contribution in [1.29, 1.82) is 0 Å². The van der Waals surface area contributed by atoms with Gasteiger partial charge >= 0.3 is 0 Å². The maximum Gasteiger partial charge on any atom is 0.151 e. The van der Waals surface area contributed by atoms with E-state index in [0.29, 0.717) is 0 Å². The van der Waals surface area contributed by atoms with E-state index in [-0.39, 0.29) is 6.04 Å². The Bertz CT molecular complexity index is 559. The fraction of sp³-hybridized carbons (Fsp3) is 0.200. The second-order valence-electron chi connectivity index (χ2n) is 4.50. The zero-order valence-corrected chi connectivity index (χ0v) is 11.3. The predicted octanol–water partition coefficient (Wildman–Crippen LogP) is 3.32. The van der Waals surface area contributed by atoms with Crippen molar-refractivity contribution < 1.29 is 4.74 Å². The Balaban J connectivity index is 1.91. The van der Waals surface area contributed by atoms with Gasteiger partial charge in [-0.1, -0.05) is 24.3 Å². The molecule has 0 aromatic heterocycles. The minimum atomic E-state index is 0.168. The van der Waals surface area contributed by atoms with Gasteiger partial charge in [0.25, 0.3) is 0 Å². The second kappa shape index (κ2) is 5.55. The lowest BCUT2D eigenvalue weighted by Crippen LogP contribution is -2.29. The lowest BCUT2D eigenvalue weighted by Gasteiger charge is -2.14. The van der Waals surface area contributed by atoms with Gasteiger partial charge in [0.1, 0.15) is 5.75 Å². The molecular formula is C15H16N2OS. The minimum absolute atomic E-state index is 0.168. The highest BCUT2D eigenvalue weighted by atomic mass is 32.2. The first kappa shape index (κ1) is 12.4. The number of para-hydroxylation sites is 2. The van der Waals surface area contributed by atoms with E-state index in [1.165, 1.54) is 4.90 Å². The van der Waals surface area contributed by atoms with Crippen molar-refractivity contribution in [1.82, 2.24) is 0 Å². The van der Waals surface area contributed by atoms with Gasteiger partial charge < -0.3 is 15.8 Å². The Morgan fingerprint density at radius 3 is 2.79 bits per heavy atom. The summed E-state index contributed by atoms with van der Waals surface area (Å²) in [5.41, 5.74) is 7.04. The number of ether oxygens (including phenoxy) is 1. The number of benzene rings is 2.